The second-order valence-electron chi connectivity index (χ2n) is 6.04. The summed E-state index contributed by atoms with van der Waals surface area (Å²) in [4.78, 5) is 7.04. The van der Waals surface area contributed by atoms with Crippen LogP contribution < -0.4 is 5.32 Å². The van der Waals surface area contributed by atoms with Crippen molar-refractivity contribution in [2.75, 3.05) is 53.1 Å². The van der Waals surface area contributed by atoms with Crippen molar-refractivity contribution in [3.63, 3.8) is 0 Å². The monoisotopic (exact) mass is 345 g/mol. The molecule has 0 unspecified atom stereocenters. The van der Waals surface area contributed by atoms with Crippen molar-refractivity contribution in [1.29, 1.82) is 0 Å². The molecule has 0 aromatic heterocycles. The Balaban J connectivity index is 1.81. The van der Waals surface area contributed by atoms with Crippen LogP contribution in [0.3, 0.4) is 0 Å². The van der Waals surface area contributed by atoms with Gasteiger partial charge in [-0.05, 0) is 25.3 Å². The predicted molar refractivity (Wildman–Crippen MR) is 104 cm³/mol. The molecular formula is C20H31N3O2. The van der Waals surface area contributed by atoms with E-state index in [0.717, 1.165) is 38.4 Å². The third-order valence-corrected chi connectivity index (χ3v) is 4.14. The lowest BCUT2D eigenvalue weighted by atomic mass is 10.0. The maximum Gasteiger partial charge on any atom is 0.194 e. The average Bonchev–Trinajstić information content (AvgIpc) is 2.65. The number of ether oxygens (including phenoxy) is 2. The first-order valence-electron chi connectivity index (χ1n) is 9.18. The van der Waals surface area contributed by atoms with Crippen molar-refractivity contribution in [1.82, 2.24) is 10.2 Å². The molecule has 5 nitrogen and oxygen atoms in total. The molecule has 1 fully saturated rings. The molecule has 2 rings (SSSR count). The molecule has 0 spiro atoms. The van der Waals surface area contributed by atoms with Gasteiger partial charge in [-0.1, -0.05) is 42.0 Å². The summed E-state index contributed by atoms with van der Waals surface area (Å²) in [6.45, 7) is 7.57. The summed E-state index contributed by atoms with van der Waals surface area (Å²) < 4.78 is 10.5. The zero-order valence-corrected chi connectivity index (χ0v) is 15.5. The fourth-order valence-electron chi connectivity index (χ4n) is 2.82. The van der Waals surface area contributed by atoms with Gasteiger partial charge in [0.1, 0.15) is 0 Å². The van der Waals surface area contributed by atoms with Crippen LogP contribution in [0.5, 0.6) is 0 Å². The summed E-state index contributed by atoms with van der Waals surface area (Å²) in [6, 6.07) is 10.6. The van der Waals surface area contributed by atoms with E-state index >= 15 is 0 Å². The first kappa shape index (κ1) is 19.5. The van der Waals surface area contributed by atoms with Crippen LogP contribution in [-0.2, 0) is 9.47 Å². The van der Waals surface area contributed by atoms with Crippen molar-refractivity contribution in [3.05, 3.63) is 41.5 Å². The van der Waals surface area contributed by atoms with Gasteiger partial charge in [0, 0.05) is 26.7 Å². The summed E-state index contributed by atoms with van der Waals surface area (Å²) in [5.74, 6) is 0.997. The Morgan fingerprint density at radius 1 is 1.16 bits per heavy atom. The van der Waals surface area contributed by atoms with E-state index in [1.165, 1.54) is 11.1 Å². The van der Waals surface area contributed by atoms with Gasteiger partial charge < -0.3 is 19.7 Å². The number of nitrogens with zero attached hydrogens (tertiary/aromatic N) is 2. The van der Waals surface area contributed by atoms with Gasteiger partial charge in [0.15, 0.2) is 5.96 Å². The van der Waals surface area contributed by atoms with Crippen LogP contribution in [0, 0.1) is 0 Å². The molecule has 1 aromatic rings. The number of guanidine groups is 1. The van der Waals surface area contributed by atoms with Crippen LogP contribution in [0.15, 0.2) is 40.9 Å². The molecule has 0 atom stereocenters. The molecule has 1 heterocycles. The molecular weight excluding hydrogens is 314 g/mol. The zero-order chi connectivity index (χ0) is 17.7. The molecule has 0 radical (unpaired) electrons. The summed E-state index contributed by atoms with van der Waals surface area (Å²) in [5, 5.41) is 3.40. The molecule has 0 saturated carbocycles. The third kappa shape index (κ3) is 7.28. The van der Waals surface area contributed by atoms with Crippen LogP contribution in [0.1, 0.15) is 25.3 Å². The minimum Gasteiger partial charge on any atom is -0.382 e. The molecule has 0 bridgehead atoms. The summed E-state index contributed by atoms with van der Waals surface area (Å²) in [6.07, 6.45) is 4.50. The highest BCUT2D eigenvalue weighted by Gasteiger charge is 2.17. The minimum absolute atomic E-state index is 0.625. The highest BCUT2D eigenvalue weighted by atomic mass is 16.5. The van der Waals surface area contributed by atoms with Crippen molar-refractivity contribution < 1.29 is 9.47 Å². The number of hydrogen-bond acceptors (Lipinski definition) is 3. The molecule has 138 valence electrons. The number of benzene rings is 1. The standard InChI is InChI=1S/C20H31N3O2/c1-3-21-20(22-11-14-25-16-15-24-2)23-12-9-19(10-13-23)17-18-7-5-4-6-8-18/h4-8,17H,3,9-16H2,1-2H3,(H,21,22). The molecule has 1 saturated heterocycles. The number of rotatable bonds is 8. The number of piperidine rings is 1. The number of nitrogens with one attached hydrogen (secondary N) is 1. The molecule has 1 aromatic carbocycles. The Morgan fingerprint density at radius 3 is 2.60 bits per heavy atom. The van der Waals surface area contributed by atoms with Gasteiger partial charge in [0.2, 0.25) is 0 Å². The number of aliphatic imine (C=N–C) groups is 1. The highest BCUT2D eigenvalue weighted by molar-refractivity contribution is 5.80. The van der Waals surface area contributed by atoms with Gasteiger partial charge in [0.05, 0.1) is 26.4 Å². The van der Waals surface area contributed by atoms with E-state index in [0.29, 0.717) is 26.4 Å². The Hall–Kier alpha value is -1.85. The van der Waals surface area contributed by atoms with Crippen molar-refractivity contribution >= 4 is 12.0 Å². The van der Waals surface area contributed by atoms with E-state index in [-0.39, 0.29) is 0 Å². The van der Waals surface area contributed by atoms with Gasteiger partial charge in [-0.15, -0.1) is 0 Å². The molecule has 25 heavy (non-hydrogen) atoms. The van der Waals surface area contributed by atoms with Crippen LogP contribution in [0.25, 0.3) is 6.08 Å². The predicted octanol–water partition coefficient (Wildman–Crippen LogP) is 2.79. The van der Waals surface area contributed by atoms with Crippen LogP contribution >= 0.6 is 0 Å². The topological polar surface area (TPSA) is 46.1 Å². The van der Waals surface area contributed by atoms with Crippen LogP contribution in [0.4, 0.5) is 0 Å². The van der Waals surface area contributed by atoms with Crippen molar-refractivity contribution in [2.45, 2.75) is 19.8 Å². The van der Waals surface area contributed by atoms with Crippen molar-refractivity contribution in [3.8, 4) is 0 Å². The van der Waals surface area contributed by atoms with Gasteiger partial charge in [-0.3, -0.25) is 4.99 Å². The van der Waals surface area contributed by atoms with Crippen LogP contribution in [-0.4, -0.2) is 64.0 Å². The Morgan fingerprint density at radius 2 is 1.92 bits per heavy atom. The molecule has 5 heteroatoms. The van der Waals surface area contributed by atoms with E-state index in [4.69, 9.17) is 9.47 Å². The summed E-state index contributed by atoms with van der Waals surface area (Å²) >= 11 is 0. The molecule has 0 amide bonds. The van der Waals surface area contributed by atoms with E-state index in [9.17, 15) is 0 Å². The number of methoxy groups -OCH3 is 1. The van der Waals surface area contributed by atoms with Gasteiger partial charge in [-0.25, -0.2) is 0 Å². The minimum atomic E-state index is 0.625. The lowest BCUT2D eigenvalue weighted by molar-refractivity contribution is 0.0747. The lowest BCUT2D eigenvalue weighted by Gasteiger charge is -2.31. The average molecular weight is 345 g/mol. The SMILES string of the molecule is CCNC(=NCCOCCOC)N1CCC(=Cc2ccccc2)CC1. The van der Waals surface area contributed by atoms with Gasteiger partial charge in [-0.2, -0.15) is 0 Å². The quantitative estimate of drug-likeness (QED) is 0.447. The Kier molecular flexibility index (Phi) is 9.08. The Labute approximate surface area is 151 Å². The van der Waals surface area contributed by atoms with E-state index in [1.807, 2.05) is 0 Å². The first-order chi connectivity index (χ1) is 12.3. The second-order valence-corrected chi connectivity index (χ2v) is 6.04. The molecule has 0 aliphatic carbocycles. The molecule has 1 aliphatic heterocycles. The van der Waals surface area contributed by atoms with Crippen molar-refractivity contribution in [2.24, 2.45) is 4.99 Å². The largest absolute Gasteiger partial charge is 0.382 e. The highest BCUT2D eigenvalue weighted by Crippen LogP contribution is 2.19. The first-order valence-corrected chi connectivity index (χ1v) is 9.18. The van der Waals surface area contributed by atoms with E-state index < -0.39 is 0 Å². The maximum atomic E-state index is 5.49. The second kappa shape index (κ2) is 11.7. The molecule has 1 N–H and O–H groups in total. The normalized spacial score (nSPS) is 15.4. The van der Waals surface area contributed by atoms with Gasteiger partial charge in [0.25, 0.3) is 0 Å². The fourth-order valence-corrected chi connectivity index (χ4v) is 2.82. The number of hydrogen-bond donors (Lipinski definition) is 1. The molecule has 1 aliphatic rings. The number of likely N-dealkylation sites (tertiary alicyclic amines) is 1. The van der Waals surface area contributed by atoms with Crippen LogP contribution in [0.2, 0.25) is 0 Å². The fraction of sp³-hybridized carbons (Fsp3) is 0.550. The van der Waals surface area contributed by atoms with E-state index in [2.05, 4.69) is 58.5 Å². The summed E-state index contributed by atoms with van der Waals surface area (Å²) in [7, 11) is 1.68. The third-order valence-electron chi connectivity index (χ3n) is 4.14. The Bertz CT molecular complexity index is 533. The zero-order valence-electron chi connectivity index (χ0n) is 15.5. The summed E-state index contributed by atoms with van der Waals surface area (Å²) in [5.41, 5.74) is 2.81. The maximum absolute atomic E-state index is 5.49. The lowest BCUT2D eigenvalue weighted by Crippen LogP contribution is -2.44. The van der Waals surface area contributed by atoms with Gasteiger partial charge >= 0.3 is 0 Å². The van der Waals surface area contributed by atoms with E-state index in [1.54, 1.807) is 7.11 Å². The smallest absolute Gasteiger partial charge is 0.194 e.